The lowest BCUT2D eigenvalue weighted by molar-refractivity contribution is -0.161. The summed E-state index contributed by atoms with van der Waals surface area (Å²) in [5.41, 5.74) is 0. The maximum atomic E-state index is 13.0. The average Bonchev–Trinajstić information content (AvgIpc) is 3.67. The molecule has 0 bridgehead atoms. The van der Waals surface area contributed by atoms with Crippen molar-refractivity contribution in [1.29, 1.82) is 0 Å². The molecular formula is C67H130O17P2. The predicted molar refractivity (Wildman–Crippen MR) is 344 cm³/mol. The second-order valence-electron chi connectivity index (χ2n) is 25.6. The van der Waals surface area contributed by atoms with Crippen LogP contribution in [0.4, 0.5) is 0 Å². The van der Waals surface area contributed by atoms with Crippen LogP contribution in [0.5, 0.6) is 0 Å². The van der Waals surface area contributed by atoms with E-state index in [1.54, 1.807) is 0 Å². The second-order valence-corrected chi connectivity index (χ2v) is 28.6. The molecule has 0 heterocycles. The average molecular weight is 1270 g/mol. The molecule has 0 saturated heterocycles. The second kappa shape index (κ2) is 57.0. The monoisotopic (exact) mass is 1270 g/mol. The van der Waals surface area contributed by atoms with E-state index in [4.69, 9.17) is 37.0 Å². The first-order valence-electron chi connectivity index (χ1n) is 34.8. The van der Waals surface area contributed by atoms with Gasteiger partial charge in [-0.05, 0) is 49.4 Å². The Bertz CT molecular complexity index is 1720. The number of phosphoric acid groups is 2. The van der Waals surface area contributed by atoms with Crippen molar-refractivity contribution in [2.75, 3.05) is 39.6 Å². The summed E-state index contributed by atoms with van der Waals surface area (Å²) in [6.45, 7) is 14.0. The van der Waals surface area contributed by atoms with Gasteiger partial charge in [-0.15, -0.1) is 0 Å². The maximum absolute atomic E-state index is 13.0. The third kappa shape index (κ3) is 58.4. The lowest BCUT2D eigenvalue weighted by Crippen LogP contribution is -2.30. The van der Waals surface area contributed by atoms with E-state index in [1.165, 1.54) is 122 Å². The van der Waals surface area contributed by atoms with Crippen LogP contribution in [0.3, 0.4) is 0 Å². The smallest absolute Gasteiger partial charge is 0.462 e. The number of unbranched alkanes of at least 4 members (excludes halogenated alkanes) is 28. The number of rotatable bonds is 64. The molecule has 0 radical (unpaired) electrons. The Morgan fingerprint density at radius 3 is 0.826 bits per heavy atom. The van der Waals surface area contributed by atoms with Crippen LogP contribution in [-0.4, -0.2) is 96.7 Å². The molecule has 0 aliphatic rings. The molecule has 0 aromatic carbocycles. The molecule has 0 fully saturated rings. The molecule has 0 aliphatic carbocycles. The number of aliphatic hydroxyl groups excluding tert-OH is 1. The molecule has 0 aromatic heterocycles. The summed E-state index contributed by atoms with van der Waals surface area (Å²) >= 11 is 0. The summed E-state index contributed by atoms with van der Waals surface area (Å²) in [7, 11) is -9.90. The van der Waals surface area contributed by atoms with Gasteiger partial charge in [0.05, 0.1) is 26.4 Å². The number of hydrogen-bond acceptors (Lipinski definition) is 15. The number of hydrogen-bond donors (Lipinski definition) is 3. The Morgan fingerprint density at radius 2 is 0.558 bits per heavy atom. The number of ether oxygens (including phenoxy) is 4. The highest BCUT2D eigenvalue weighted by atomic mass is 31.2. The van der Waals surface area contributed by atoms with Crippen molar-refractivity contribution in [2.45, 2.75) is 343 Å². The third-order valence-electron chi connectivity index (χ3n) is 16.0. The summed E-state index contributed by atoms with van der Waals surface area (Å²) in [5, 5.41) is 10.6. The lowest BCUT2D eigenvalue weighted by Gasteiger charge is -2.21. The molecule has 0 amide bonds. The Kier molecular flexibility index (Phi) is 55.7. The zero-order valence-electron chi connectivity index (χ0n) is 55.9. The van der Waals surface area contributed by atoms with Gasteiger partial charge in [0.25, 0.3) is 0 Å². The quantitative estimate of drug-likeness (QED) is 0.0222. The third-order valence-corrected chi connectivity index (χ3v) is 17.9. The molecule has 19 heteroatoms. The summed E-state index contributed by atoms with van der Waals surface area (Å²) in [4.78, 5) is 72.4. The largest absolute Gasteiger partial charge is 0.472 e. The van der Waals surface area contributed by atoms with Crippen LogP contribution in [0, 0.1) is 23.7 Å². The molecule has 0 aromatic rings. The van der Waals surface area contributed by atoms with Gasteiger partial charge < -0.3 is 33.8 Å². The van der Waals surface area contributed by atoms with E-state index in [1.807, 2.05) is 0 Å². The molecule has 0 saturated carbocycles. The number of carbonyl (C=O) groups is 4. The highest BCUT2D eigenvalue weighted by Gasteiger charge is 2.30. The molecule has 0 rings (SSSR count). The molecule has 17 nitrogen and oxygen atoms in total. The Balaban J connectivity index is 5.25. The van der Waals surface area contributed by atoms with Crippen molar-refractivity contribution in [3.63, 3.8) is 0 Å². The van der Waals surface area contributed by atoms with E-state index >= 15 is 0 Å². The SMILES string of the molecule is CCC(C)CCCCCCCCC(=O)OC[C@H](COP(=O)(O)OC[C@H](O)COP(=O)(O)OC[C@@H](COC(=O)CCCCCCCCCCCCCC(C)C)OC(=O)CCCCCCCCC(C)CC)OC(=O)CCCCCCCCCCCC(C)C. The van der Waals surface area contributed by atoms with E-state index in [0.717, 1.165) is 120 Å². The molecule has 4 unspecified atom stereocenters. The number of esters is 4. The van der Waals surface area contributed by atoms with Gasteiger partial charge in [-0.1, -0.05) is 274 Å². The van der Waals surface area contributed by atoms with E-state index in [9.17, 15) is 43.2 Å². The van der Waals surface area contributed by atoms with Crippen molar-refractivity contribution in [2.24, 2.45) is 23.7 Å². The van der Waals surface area contributed by atoms with E-state index in [-0.39, 0.29) is 25.7 Å². The first-order valence-corrected chi connectivity index (χ1v) is 37.8. The maximum Gasteiger partial charge on any atom is 0.472 e. The summed E-state index contributed by atoms with van der Waals surface area (Å²) in [6, 6.07) is 0. The highest BCUT2D eigenvalue weighted by Crippen LogP contribution is 2.45. The number of aliphatic hydroxyl groups is 1. The van der Waals surface area contributed by atoms with Gasteiger partial charge in [-0.3, -0.25) is 37.3 Å². The minimum absolute atomic E-state index is 0.102. The first kappa shape index (κ1) is 84.1. The van der Waals surface area contributed by atoms with Gasteiger partial charge in [-0.25, -0.2) is 9.13 Å². The van der Waals surface area contributed by atoms with Crippen LogP contribution in [0.1, 0.15) is 325 Å². The van der Waals surface area contributed by atoms with Crippen LogP contribution in [0.25, 0.3) is 0 Å². The summed E-state index contributed by atoms with van der Waals surface area (Å²) in [5.74, 6) is 0.821. The fourth-order valence-electron chi connectivity index (χ4n) is 9.89. The molecular weight excluding hydrogens is 1140 g/mol. The zero-order valence-corrected chi connectivity index (χ0v) is 57.7. The molecule has 3 N–H and O–H groups in total. The van der Waals surface area contributed by atoms with Crippen LogP contribution in [-0.2, 0) is 65.4 Å². The predicted octanol–water partition coefficient (Wildman–Crippen LogP) is 18.5. The number of phosphoric ester groups is 2. The van der Waals surface area contributed by atoms with Crippen molar-refractivity contribution < 1.29 is 80.2 Å². The number of carbonyl (C=O) groups excluding carboxylic acids is 4. The Hall–Kier alpha value is -1.94. The summed E-state index contributed by atoms with van der Waals surface area (Å²) < 4.78 is 68.1. The highest BCUT2D eigenvalue weighted by molar-refractivity contribution is 7.47. The van der Waals surface area contributed by atoms with Crippen molar-refractivity contribution in [1.82, 2.24) is 0 Å². The van der Waals surface area contributed by atoms with E-state index in [0.29, 0.717) is 25.7 Å². The van der Waals surface area contributed by atoms with Gasteiger partial charge in [0.1, 0.15) is 19.3 Å². The van der Waals surface area contributed by atoms with Gasteiger partial charge in [0.15, 0.2) is 12.2 Å². The van der Waals surface area contributed by atoms with Crippen molar-refractivity contribution in [3.05, 3.63) is 0 Å². The van der Waals surface area contributed by atoms with Crippen molar-refractivity contribution >= 4 is 39.5 Å². The van der Waals surface area contributed by atoms with Gasteiger partial charge in [0, 0.05) is 25.7 Å². The van der Waals surface area contributed by atoms with Gasteiger partial charge in [0.2, 0.25) is 0 Å². The van der Waals surface area contributed by atoms with E-state index < -0.39 is 97.5 Å². The van der Waals surface area contributed by atoms with Crippen LogP contribution in [0.2, 0.25) is 0 Å². The zero-order chi connectivity index (χ0) is 63.9. The molecule has 0 spiro atoms. The van der Waals surface area contributed by atoms with Crippen molar-refractivity contribution in [3.8, 4) is 0 Å². The fraction of sp³-hybridized carbons (Fsp3) is 0.940. The van der Waals surface area contributed by atoms with Crippen LogP contribution >= 0.6 is 15.6 Å². The molecule has 7 atom stereocenters. The van der Waals surface area contributed by atoms with E-state index in [2.05, 4.69) is 55.4 Å². The normalized spacial score (nSPS) is 15.0. The minimum atomic E-state index is -4.95. The molecule has 86 heavy (non-hydrogen) atoms. The van der Waals surface area contributed by atoms with Crippen LogP contribution < -0.4 is 0 Å². The standard InChI is InChI=1S/C67H130O17P2/c1-9-59(7)45-37-29-23-25-32-40-48-65(70)78-54-62(83-66(71)49-41-33-22-18-14-16-20-28-36-44-58(5)6)55-81-85(73,74)79-51-61(68)52-80-86(75,76)82-56-63(84-67(72)50-42-34-26-24-30-38-46-60(8)10-2)53-77-64(69)47-39-31-21-17-13-11-12-15-19-27-35-43-57(3)4/h57-63,68H,9-56H2,1-8H3,(H,73,74)(H,75,76)/t59?,60?,61-,62+,63+/m0/s1. The van der Waals surface area contributed by atoms with Gasteiger partial charge in [-0.2, -0.15) is 0 Å². The fourth-order valence-corrected chi connectivity index (χ4v) is 11.5. The minimum Gasteiger partial charge on any atom is -0.462 e. The Morgan fingerprint density at radius 1 is 0.326 bits per heavy atom. The Labute approximate surface area is 524 Å². The first-order chi connectivity index (χ1) is 41.2. The van der Waals surface area contributed by atoms with Crippen LogP contribution in [0.15, 0.2) is 0 Å². The summed E-state index contributed by atoms with van der Waals surface area (Å²) in [6.07, 6.45) is 37.6. The van der Waals surface area contributed by atoms with Gasteiger partial charge >= 0.3 is 39.5 Å². The lowest BCUT2D eigenvalue weighted by atomic mass is 10.00. The molecule has 510 valence electrons. The topological polar surface area (TPSA) is 237 Å². The molecule has 0 aliphatic heterocycles.